The summed E-state index contributed by atoms with van der Waals surface area (Å²) < 4.78 is 0. The van der Waals surface area contributed by atoms with Gasteiger partial charge in [-0.15, -0.1) is 0 Å². The molecule has 3 amide bonds. The number of nitrogens with zero attached hydrogens (tertiary/aromatic N) is 1. The third-order valence-corrected chi connectivity index (χ3v) is 6.30. The van der Waals surface area contributed by atoms with Gasteiger partial charge >= 0.3 is 0 Å². The summed E-state index contributed by atoms with van der Waals surface area (Å²) in [7, 11) is 0. The molecule has 0 unspecified atom stereocenters. The lowest BCUT2D eigenvalue weighted by molar-refractivity contribution is -0.120. The van der Waals surface area contributed by atoms with Crippen LogP contribution in [0.1, 0.15) is 47.2 Å². The van der Waals surface area contributed by atoms with E-state index in [-0.39, 0.29) is 22.7 Å². The van der Waals surface area contributed by atoms with E-state index in [9.17, 15) is 14.4 Å². The predicted octanol–water partition coefficient (Wildman–Crippen LogP) is 4.41. The first-order chi connectivity index (χ1) is 14.9. The van der Waals surface area contributed by atoms with Crippen LogP contribution in [-0.2, 0) is 9.59 Å². The molecular formula is C24H24ClN3O3. The fourth-order valence-electron chi connectivity index (χ4n) is 4.00. The minimum atomic E-state index is -0.560. The van der Waals surface area contributed by atoms with E-state index in [1.165, 1.54) is 0 Å². The van der Waals surface area contributed by atoms with Gasteiger partial charge in [-0.3, -0.25) is 14.4 Å². The van der Waals surface area contributed by atoms with Crippen molar-refractivity contribution in [2.45, 2.75) is 45.6 Å². The van der Waals surface area contributed by atoms with Gasteiger partial charge in [0.2, 0.25) is 0 Å². The lowest BCUT2D eigenvalue weighted by atomic mass is 10.1. The number of carbonyl (C=O) groups excluding carboxylic acids is 3. The third kappa shape index (κ3) is 4.08. The highest BCUT2D eigenvalue weighted by Crippen LogP contribution is 2.32. The largest absolute Gasteiger partial charge is 0.350 e. The van der Waals surface area contributed by atoms with Crippen LogP contribution in [-0.4, -0.2) is 23.8 Å². The first-order valence-corrected chi connectivity index (χ1v) is 10.8. The van der Waals surface area contributed by atoms with E-state index in [1.54, 1.807) is 36.4 Å². The summed E-state index contributed by atoms with van der Waals surface area (Å²) in [4.78, 5) is 39.2. The summed E-state index contributed by atoms with van der Waals surface area (Å²) >= 11 is 6.23. The van der Waals surface area contributed by atoms with E-state index in [4.69, 9.17) is 11.6 Å². The van der Waals surface area contributed by atoms with Crippen molar-refractivity contribution in [2.75, 3.05) is 10.2 Å². The minimum absolute atomic E-state index is 0.0238. The van der Waals surface area contributed by atoms with Gasteiger partial charge in [-0.25, -0.2) is 4.90 Å². The van der Waals surface area contributed by atoms with Gasteiger partial charge in [0.15, 0.2) is 0 Å². The van der Waals surface area contributed by atoms with Crippen molar-refractivity contribution in [1.29, 1.82) is 0 Å². The number of carbonyl (C=O) groups is 3. The maximum absolute atomic E-state index is 13.0. The molecule has 0 aromatic heterocycles. The molecule has 0 bridgehead atoms. The highest BCUT2D eigenvalue weighted by atomic mass is 35.5. The Labute approximate surface area is 186 Å². The number of benzene rings is 2. The predicted molar refractivity (Wildman–Crippen MR) is 121 cm³/mol. The number of imide groups is 1. The zero-order valence-electron chi connectivity index (χ0n) is 17.5. The molecule has 1 aliphatic heterocycles. The summed E-state index contributed by atoms with van der Waals surface area (Å²) in [6, 6.07) is 12.4. The summed E-state index contributed by atoms with van der Waals surface area (Å²) in [5.41, 5.74) is 3.46. The smallest absolute Gasteiger partial charge is 0.283 e. The fraction of sp³-hybridized carbons (Fsp3) is 0.292. The van der Waals surface area contributed by atoms with Crippen LogP contribution in [0, 0.1) is 13.8 Å². The molecule has 2 aliphatic rings. The van der Waals surface area contributed by atoms with Crippen LogP contribution in [0.5, 0.6) is 0 Å². The Balaban J connectivity index is 1.50. The second-order valence-corrected chi connectivity index (χ2v) is 8.39. The lowest BCUT2D eigenvalue weighted by Gasteiger charge is -2.18. The van der Waals surface area contributed by atoms with Crippen molar-refractivity contribution < 1.29 is 14.4 Å². The average Bonchev–Trinajstić information content (AvgIpc) is 3.34. The topological polar surface area (TPSA) is 78.5 Å². The molecule has 4 rings (SSSR count). The van der Waals surface area contributed by atoms with Crippen molar-refractivity contribution >= 4 is 40.7 Å². The number of hydrogen-bond acceptors (Lipinski definition) is 4. The van der Waals surface area contributed by atoms with E-state index < -0.39 is 11.8 Å². The van der Waals surface area contributed by atoms with E-state index in [1.807, 2.05) is 19.9 Å². The van der Waals surface area contributed by atoms with Crippen LogP contribution < -0.4 is 15.5 Å². The molecule has 2 N–H and O–H groups in total. The van der Waals surface area contributed by atoms with Crippen LogP contribution in [0.4, 0.5) is 11.4 Å². The quantitative estimate of drug-likeness (QED) is 0.679. The normalized spacial score (nSPS) is 16.9. The monoisotopic (exact) mass is 437 g/mol. The molecule has 160 valence electrons. The Morgan fingerprint density at radius 2 is 1.68 bits per heavy atom. The summed E-state index contributed by atoms with van der Waals surface area (Å²) in [5.74, 6) is -1.17. The zero-order valence-corrected chi connectivity index (χ0v) is 18.3. The molecule has 31 heavy (non-hydrogen) atoms. The SMILES string of the molecule is Cc1cccc(N2C(=O)C(Cl)=C(Nc3ccc(C(=O)NC4CCCC4)cc3)C2=O)c1C. The fourth-order valence-corrected chi connectivity index (χ4v) is 4.21. The van der Waals surface area contributed by atoms with Gasteiger partial charge < -0.3 is 10.6 Å². The molecular weight excluding hydrogens is 414 g/mol. The van der Waals surface area contributed by atoms with Gasteiger partial charge in [0, 0.05) is 17.3 Å². The third-order valence-electron chi connectivity index (χ3n) is 5.95. The van der Waals surface area contributed by atoms with Crippen LogP contribution in [0.25, 0.3) is 0 Å². The number of amides is 3. The summed E-state index contributed by atoms with van der Waals surface area (Å²) in [6.45, 7) is 3.78. The first-order valence-electron chi connectivity index (χ1n) is 10.4. The van der Waals surface area contributed by atoms with Gasteiger partial charge in [0.1, 0.15) is 10.7 Å². The van der Waals surface area contributed by atoms with Crippen molar-refractivity contribution in [3.8, 4) is 0 Å². The molecule has 0 atom stereocenters. The van der Waals surface area contributed by atoms with Gasteiger partial charge in [-0.05, 0) is 68.1 Å². The maximum atomic E-state index is 13.0. The standard InChI is InChI=1S/C24H24ClN3O3/c1-14-6-5-9-19(15(14)2)28-23(30)20(25)21(24(28)31)26-18-12-10-16(11-13-18)22(29)27-17-7-3-4-8-17/h5-6,9-13,17,26H,3-4,7-8H2,1-2H3,(H,27,29). The Hall–Kier alpha value is -3.12. The van der Waals surface area contributed by atoms with Crippen LogP contribution >= 0.6 is 11.6 Å². The van der Waals surface area contributed by atoms with Gasteiger partial charge in [-0.1, -0.05) is 36.6 Å². The molecule has 2 aromatic rings. The van der Waals surface area contributed by atoms with E-state index in [0.717, 1.165) is 41.7 Å². The van der Waals surface area contributed by atoms with Gasteiger partial charge in [0.05, 0.1) is 5.69 Å². The Morgan fingerprint density at radius 1 is 1.00 bits per heavy atom. The lowest BCUT2D eigenvalue weighted by Crippen LogP contribution is -2.33. The number of halogens is 1. The molecule has 1 aliphatic carbocycles. The minimum Gasteiger partial charge on any atom is -0.350 e. The Kier molecular flexibility index (Phi) is 5.83. The molecule has 6 nitrogen and oxygen atoms in total. The highest BCUT2D eigenvalue weighted by molar-refractivity contribution is 6.53. The second-order valence-electron chi connectivity index (χ2n) is 8.01. The molecule has 0 spiro atoms. The molecule has 1 saturated carbocycles. The van der Waals surface area contributed by atoms with Crippen LogP contribution in [0.15, 0.2) is 53.2 Å². The van der Waals surface area contributed by atoms with Crippen molar-refractivity contribution in [2.24, 2.45) is 0 Å². The van der Waals surface area contributed by atoms with E-state index in [2.05, 4.69) is 10.6 Å². The van der Waals surface area contributed by atoms with E-state index >= 15 is 0 Å². The number of hydrogen-bond donors (Lipinski definition) is 2. The molecule has 7 heteroatoms. The van der Waals surface area contributed by atoms with Crippen molar-refractivity contribution in [1.82, 2.24) is 5.32 Å². The zero-order chi connectivity index (χ0) is 22.1. The number of aryl methyl sites for hydroxylation is 1. The number of rotatable bonds is 5. The summed E-state index contributed by atoms with van der Waals surface area (Å²) in [5, 5.41) is 5.84. The maximum Gasteiger partial charge on any atom is 0.283 e. The highest BCUT2D eigenvalue weighted by Gasteiger charge is 2.39. The van der Waals surface area contributed by atoms with Crippen LogP contribution in [0.3, 0.4) is 0 Å². The van der Waals surface area contributed by atoms with Crippen LogP contribution in [0.2, 0.25) is 0 Å². The van der Waals surface area contributed by atoms with E-state index in [0.29, 0.717) is 16.9 Å². The molecule has 1 fully saturated rings. The van der Waals surface area contributed by atoms with Crippen molar-refractivity contribution in [3.63, 3.8) is 0 Å². The number of anilines is 2. The molecule has 0 radical (unpaired) electrons. The van der Waals surface area contributed by atoms with Gasteiger partial charge in [0.25, 0.3) is 17.7 Å². The first kappa shape index (κ1) is 21.1. The van der Waals surface area contributed by atoms with Crippen molar-refractivity contribution in [3.05, 3.63) is 69.9 Å². The second kappa shape index (κ2) is 8.55. The summed E-state index contributed by atoms with van der Waals surface area (Å²) in [6.07, 6.45) is 4.33. The Bertz CT molecular complexity index is 1090. The Morgan fingerprint density at radius 3 is 2.35 bits per heavy atom. The molecule has 0 saturated heterocycles. The molecule has 1 heterocycles. The number of nitrogens with one attached hydrogen (secondary N) is 2. The molecule has 2 aromatic carbocycles. The van der Waals surface area contributed by atoms with Gasteiger partial charge in [-0.2, -0.15) is 0 Å². The average molecular weight is 438 g/mol.